The molecule has 0 spiro atoms. The van der Waals surface area contributed by atoms with Crippen LogP contribution >= 0.6 is 23.2 Å². The summed E-state index contributed by atoms with van der Waals surface area (Å²) in [5, 5.41) is 16.7. The zero-order valence-corrected chi connectivity index (χ0v) is 16.3. The molecule has 0 unspecified atom stereocenters. The van der Waals surface area contributed by atoms with Crippen LogP contribution in [0.4, 0.5) is 5.69 Å². The molecule has 1 aliphatic heterocycles. The molecular formula is C19H16Cl2N2O5. The number of ether oxygens (including phenoxy) is 1. The quantitative estimate of drug-likeness (QED) is 0.733. The number of oxime groups is 1. The minimum Gasteiger partial charge on any atom is -0.495 e. The van der Waals surface area contributed by atoms with E-state index in [9.17, 15) is 14.7 Å². The van der Waals surface area contributed by atoms with E-state index < -0.39 is 23.9 Å². The fourth-order valence-electron chi connectivity index (χ4n) is 2.87. The number of benzene rings is 2. The Morgan fingerprint density at radius 1 is 1.29 bits per heavy atom. The number of hydrogen-bond acceptors (Lipinski definition) is 5. The molecule has 9 heteroatoms. The third-order valence-corrected chi connectivity index (χ3v) is 4.79. The van der Waals surface area contributed by atoms with Gasteiger partial charge < -0.3 is 20.0 Å². The fraction of sp³-hybridized carbons (Fsp3) is 0.211. The van der Waals surface area contributed by atoms with Gasteiger partial charge in [-0.05, 0) is 24.3 Å². The molecular weight excluding hydrogens is 407 g/mol. The van der Waals surface area contributed by atoms with Gasteiger partial charge in [0.25, 0.3) is 5.91 Å². The fourth-order valence-corrected chi connectivity index (χ4v) is 3.29. The highest BCUT2D eigenvalue weighted by atomic mass is 35.5. The maximum Gasteiger partial charge on any atom is 0.308 e. The van der Waals surface area contributed by atoms with E-state index in [1.807, 2.05) is 0 Å². The molecule has 2 N–H and O–H groups in total. The van der Waals surface area contributed by atoms with Crippen LogP contribution in [0.5, 0.6) is 5.75 Å². The van der Waals surface area contributed by atoms with Gasteiger partial charge in [0, 0.05) is 22.0 Å². The third-order valence-electron chi connectivity index (χ3n) is 4.23. The summed E-state index contributed by atoms with van der Waals surface area (Å²) >= 11 is 12.2. The zero-order chi connectivity index (χ0) is 20.3. The molecule has 1 heterocycles. The van der Waals surface area contributed by atoms with E-state index in [2.05, 4.69) is 10.5 Å². The number of aliphatic carboxylic acids is 1. The van der Waals surface area contributed by atoms with E-state index in [0.29, 0.717) is 32.8 Å². The largest absolute Gasteiger partial charge is 0.495 e. The van der Waals surface area contributed by atoms with Gasteiger partial charge in [-0.3, -0.25) is 9.59 Å². The number of methoxy groups -OCH3 is 1. The average molecular weight is 423 g/mol. The van der Waals surface area contributed by atoms with Crippen LogP contribution in [-0.2, 0) is 14.4 Å². The van der Waals surface area contributed by atoms with E-state index >= 15 is 0 Å². The van der Waals surface area contributed by atoms with Crippen molar-refractivity contribution in [1.82, 2.24) is 0 Å². The third kappa shape index (κ3) is 4.05. The molecule has 0 saturated heterocycles. The molecule has 7 nitrogen and oxygen atoms in total. The molecule has 28 heavy (non-hydrogen) atoms. The maximum absolute atomic E-state index is 13.0. The Labute approximate surface area is 170 Å². The van der Waals surface area contributed by atoms with Crippen LogP contribution in [0.2, 0.25) is 10.0 Å². The van der Waals surface area contributed by atoms with Crippen LogP contribution in [0.25, 0.3) is 0 Å². The first-order chi connectivity index (χ1) is 13.3. The number of halogens is 2. The second-order valence-corrected chi connectivity index (χ2v) is 6.99. The van der Waals surface area contributed by atoms with Crippen LogP contribution in [0.15, 0.2) is 47.6 Å². The maximum atomic E-state index is 13.0. The SMILES string of the molecule is COc1ccc(Cl)cc1NC(=O)[C@]1(CC(=O)O)CC(c2ccccc2Cl)=NO1. The van der Waals surface area contributed by atoms with Crippen LogP contribution < -0.4 is 10.1 Å². The number of carboxylic acid groups (broad SMARTS) is 1. The first-order valence-corrected chi connectivity index (χ1v) is 8.97. The Morgan fingerprint density at radius 2 is 2.04 bits per heavy atom. The van der Waals surface area contributed by atoms with Crippen LogP contribution in [0.3, 0.4) is 0 Å². The van der Waals surface area contributed by atoms with Crippen molar-refractivity contribution < 1.29 is 24.3 Å². The lowest BCUT2D eigenvalue weighted by atomic mass is 9.90. The van der Waals surface area contributed by atoms with Gasteiger partial charge in [0.05, 0.1) is 24.9 Å². The molecule has 0 aliphatic carbocycles. The van der Waals surface area contributed by atoms with E-state index in [0.717, 1.165) is 0 Å². The minimum atomic E-state index is -1.73. The molecule has 0 bridgehead atoms. The number of nitrogens with one attached hydrogen (secondary N) is 1. The van der Waals surface area contributed by atoms with Gasteiger partial charge in [0.15, 0.2) is 0 Å². The molecule has 1 amide bonds. The van der Waals surface area contributed by atoms with Crippen LogP contribution in [0.1, 0.15) is 18.4 Å². The molecule has 2 aromatic rings. The Bertz CT molecular complexity index is 963. The zero-order valence-electron chi connectivity index (χ0n) is 14.7. The number of anilines is 1. The number of carboxylic acids is 1. The lowest BCUT2D eigenvalue weighted by molar-refractivity contribution is -0.152. The standard InChI is InChI=1S/C19H16Cl2N2O5/c1-27-16-7-6-11(20)8-14(16)22-18(26)19(10-17(24)25)9-15(23-28-19)12-4-2-3-5-13(12)21/h2-8H,9-10H2,1H3,(H,22,26)(H,24,25)/t19-/m1/s1. The first kappa shape index (κ1) is 20.0. The summed E-state index contributed by atoms with van der Waals surface area (Å²) in [6, 6.07) is 11.6. The van der Waals surface area contributed by atoms with E-state index in [-0.39, 0.29) is 6.42 Å². The summed E-state index contributed by atoms with van der Waals surface area (Å²) in [5.41, 5.74) is -0.475. The van der Waals surface area contributed by atoms with Crippen LogP contribution in [0, 0.1) is 0 Å². The van der Waals surface area contributed by atoms with Gasteiger partial charge in [-0.15, -0.1) is 0 Å². The van der Waals surface area contributed by atoms with Gasteiger partial charge in [-0.1, -0.05) is 46.6 Å². The highest BCUT2D eigenvalue weighted by molar-refractivity contribution is 6.34. The Balaban J connectivity index is 1.89. The first-order valence-electron chi connectivity index (χ1n) is 8.21. The Hall–Kier alpha value is -2.77. The number of carbonyl (C=O) groups excluding carboxylic acids is 1. The predicted molar refractivity (Wildman–Crippen MR) is 105 cm³/mol. The van der Waals surface area contributed by atoms with Crippen molar-refractivity contribution in [3.8, 4) is 5.75 Å². The van der Waals surface area contributed by atoms with Gasteiger partial charge in [0.2, 0.25) is 5.60 Å². The molecule has 0 radical (unpaired) electrons. The summed E-state index contributed by atoms with van der Waals surface area (Å²) in [5.74, 6) is -1.52. The highest BCUT2D eigenvalue weighted by Crippen LogP contribution is 2.35. The summed E-state index contributed by atoms with van der Waals surface area (Å²) in [6.45, 7) is 0. The normalized spacial score (nSPS) is 18.2. The molecule has 3 rings (SSSR count). The monoisotopic (exact) mass is 422 g/mol. The number of amides is 1. The van der Waals surface area contributed by atoms with Gasteiger partial charge >= 0.3 is 5.97 Å². The molecule has 0 saturated carbocycles. The van der Waals surface area contributed by atoms with Crippen molar-refractivity contribution in [1.29, 1.82) is 0 Å². The molecule has 1 aliphatic rings. The van der Waals surface area contributed by atoms with Crippen molar-refractivity contribution >= 4 is 46.5 Å². The second-order valence-electron chi connectivity index (χ2n) is 6.15. The van der Waals surface area contributed by atoms with Crippen molar-refractivity contribution in [3.05, 3.63) is 58.1 Å². The van der Waals surface area contributed by atoms with Gasteiger partial charge in [0.1, 0.15) is 5.75 Å². The minimum absolute atomic E-state index is 0.0578. The van der Waals surface area contributed by atoms with E-state index in [4.69, 9.17) is 32.8 Å². The average Bonchev–Trinajstić information content (AvgIpc) is 3.06. The number of carbonyl (C=O) groups is 2. The molecule has 146 valence electrons. The van der Waals surface area contributed by atoms with Crippen molar-refractivity contribution in [3.63, 3.8) is 0 Å². The predicted octanol–water partition coefficient (Wildman–Crippen LogP) is 3.98. The number of nitrogens with zero attached hydrogens (tertiary/aromatic N) is 1. The Kier molecular flexibility index (Phi) is 5.76. The topological polar surface area (TPSA) is 97.2 Å². The summed E-state index contributed by atoms with van der Waals surface area (Å²) < 4.78 is 5.21. The lowest BCUT2D eigenvalue weighted by Crippen LogP contribution is -2.45. The molecule has 0 aromatic heterocycles. The molecule has 2 aromatic carbocycles. The second kappa shape index (κ2) is 8.08. The molecule has 1 atom stereocenters. The van der Waals surface area contributed by atoms with Crippen molar-refractivity contribution in [2.75, 3.05) is 12.4 Å². The van der Waals surface area contributed by atoms with Crippen molar-refractivity contribution in [2.24, 2.45) is 5.16 Å². The van der Waals surface area contributed by atoms with Gasteiger partial charge in [-0.25, -0.2) is 0 Å². The van der Waals surface area contributed by atoms with E-state index in [1.54, 1.807) is 36.4 Å². The summed E-state index contributed by atoms with van der Waals surface area (Å²) in [7, 11) is 1.44. The summed E-state index contributed by atoms with van der Waals surface area (Å²) in [4.78, 5) is 29.8. The van der Waals surface area contributed by atoms with E-state index in [1.165, 1.54) is 13.2 Å². The number of rotatable bonds is 6. The van der Waals surface area contributed by atoms with Gasteiger partial charge in [-0.2, -0.15) is 0 Å². The number of hydrogen-bond donors (Lipinski definition) is 2. The molecule has 0 fully saturated rings. The smallest absolute Gasteiger partial charge is 0.308 e. The van der Waals surface area contributed by atoms with Crippen molar-refractivity contribution in [2.45, 2.75) is 18.4 Å². The highest BCUT2D eigenvalue weighted by Gasteiger charge is 2.49. The lowest BCUT2D eigenvalue weighted by Gasteiger charge is -2.24. The Morgan fingerprint density at radius 3 is 2.71 bits per heavy atom. The van der Waals surface area contributed by atoms with Crippen LogP contribution in [-0.4, -0.2) is 35.4 Å². The summed E-state index contributed by atoms with van der Waals surface area (Å²) in [6.07, 6.45) is -0.642.